The Morgan fingerprint density at radius 2 is 1.63 bits per heavy atom. The zero-order chi connectivity index (χ0) is 21.0. The highest BCUT2D eigenvalue weighted by Crippen LogP contribution is 2.32. The molecule has 4 rings (SSSR count). The van der Waals surface area contributed by atoms with Crippen LogP contribution >= 0.6 is 0 Å². The van der Waals surface area contributed by atoms with E-state index in [4.69, 9.17) is 0 Å². The van der Waals surface area contributed by atoms with Crippen LogP contribution in [0.1, 0.15) is 11.1 Å². The number of anilines is 1. The van der Waals surface area contributed by atoms with E-state index in [1.54, 1.807) is 48.9 Å². The molecule has 0 saturated heterocycles. The molecule has 0 spiro atoms. The number of halogens is 3. The van der Waals surface area contributed by atoms with Crippen LogP contribution in [0.3, 0.4) is 0 Å². The second kappa shape index (κ2) is 8.28. The van der Waals surface area contributed by atoms with Gasteiger partial charge in [-0.3, -0.25) is 9.97 Å². The average molecular weight is 407 g/mol. The number of nitrogens with one attached hydrogen (secondary N) is 1. The standard InChI is InChI=1S/C22H16F3N5/c23-22(24,25)17-5-3-4-16(12-17)19-13-20(28-14-15-7-10-26-11-8-15)30-21(29-19)18-6-1-2-9-27-18/h1-13H,14H2,(H,28,29,30). The molecule has 0 atom stereocenters. The number of nitrogens with zero attached hydrogens (tertiary/aromatic N) is 4. The summed E-state index contributed by atoms with van der Waals surface area (Å²) in [6.45, 7) is 0.475. The summed E-state index contributed by atoms with van der Waals surface area (Å²) in [5, 5.41) is 3.20. The highest BCUT2D eigenvalue weighted by molar-refractivity contribution is 5.67. The summed E-state index contributed by atoms with van der Waals surface area (Å²) >= 11 is 0. The van der Waals surface area contributed by atoms with Crippen LogP contribution in [0.4, 0.5) is 19.0 Å². The fourth-order valence-corrected chi connectivity index (χ4v) is 2.84. The second-order valence-electron chi connectivity index (χ2n) is 6.46. The van der Waals surface area contributed by atoms with Crippen LogP contribution in [0.5, 0.6) is 0 Å². The van der Waals surface area contributed by atoms with Gasteiger partial charge in [0.2, 0.25) is 0 Å². The van der Waals surface area contributed by atoms with Gasteiger partial charge < -0.3 is 5.32 Å². The normalized spacial score (nSPS) is 11.3. The maximum atomic E-state index is 13.2. The molecule has 8 heteroatoms. The molecule has 0 aliphatic carbocycles. The van der Waals surface area contributed by atoms with Crippen LogP contribution in [0.25, 0.3) is 22.8 Å². The zero-order valence-corrected chi connectivity index (χ0v) is 15.6. The fourth-order valence-electron chi connectivity index (χ4n) is 2.84. The van der Waals surface area contributed by atoms with Gasteiger partial charge in [-0.25, -0.2) is 9.97 Å². The molecule has 4 aromatic rings. The maximum absolute atomic E-state index is 13.2. The molecule has 0 fully saturated rings. The number of rotatable bonds is 5. The van der Waals surface area contributed by atoms with Crippen molar-refractivity contribution in [3.05, 3.63) is 90.4 Å². The molecule has 1 aromatic carbocycles. The Balaban J connectivity index is 1.74. The van der Waals surface area contributed by atoms with Gasteiger partial charge in [0.1, 0.15) is 11.5 Å². The van der Waals surface area contributed by atoms with Crippen molar-refractivity contribution in [2.45, 2.75) is 12.7 Å². The Morgan fingerprint density at radius 1 is 0.800 bits per heavy atom. The van der Waals surface area contributed by atoms with Crippen molar-refractivity contribution in [1.29, 1.82) is 0 Å². The van der Waals surface area contributed by atoms with Crippen molar-refractivity contribution in [3.8, 4) is 22.8 Å². The van der Waals surface area contributed by atoms with Crippen LogP contribution in [-0.4, -0.2) is 19.9 Å². The molecule has 30 heavy (non-hydrogen) atoms. The lowest BCUT2D eigenvalue weighted by molar-refractivity contribution is -0.137. The molecule has 3 heterocycles. The smallest absolute Gasteiger partial charge is 0.366 e. The molecule has 0 saturated carbocycles. The van der Waals surface area contributed by atoms with Crippen LogP contribution < -0.4 is 5.32 Å². The van der Waals surface area contributed by atoms with E-state index < -0.39 is 11.7 Å². The molecular formula is C22H16F3N5. The van der Waals surface area contributed by atoms with E-state index in [0.717, 1.165) is 17.7 Å². The minimum absolute atomic E-state index is 0.322. The first-order chi connectivity index (χ1) is 14.5. The van der Waals surface area contributed by atoms with Crippen molar-refractivity contribution in [1.82, 2.24) is 19.9 Å². The fraction of sp³-hybridized carbons (Fsp3) is 0.0909. The Labute approximate surface area is 170 Å². The molecule has 150 valence electrons. The first-order valence-electron chi connectivity index (χ1n) is 9.10. The molecule has 0 radical (unpaired) electrons. The molecule has 0 aliphatic heterocycles. The lowest BCUT2D eigenvalue weighted by Crippen LogP contribution is -2.06. The first kappa shape index (κ1) is 19.5. The monoisotopic (exact) mass is 407 g/mol. The summed E-state index contributed by atoms with van der Waals surface area (Å²) in [7, 11) is 0. The van der Waals surface area contributed by atoms with Crippen LogP contribution in [0, 0.1) is 0 Å². The van der Waals surface area contributed by atoms with Gasteiger partial charge in [-0.2, -0.15) is 13.2 Å². The largest absolute Gasteiger partial charge is 0.416 e. The lowest BCUT2D eigenvalue weighted by atomic mass is 10.1. The first-order valence-corrected chi connectivity index (χ1v) is 9.10. The van der Waals surface area contributed by atoms with Crippen molar-refractivity contribution in [2.24, 2.45) is 0 Å². The van der Waals surface area contributed by atoms with Crippen molar-refractivity contribution in [3.63, 3.8) is 0 Å². The third kappa shape index (κ3) is 4.60. The van der Waals surface area contributed by atoms with E-state index in [2.05, 4.69) is 25.3 Å². The van der Waals surface area contributed by atoms with E-state index in [-0.39, 0.29) is 0 Å². The summed E-state index contributed by atoms with van der Waals surface area (Å²) in [6, 6.07) is 15.7. The number of benzene rings is 1. The zero-order valence-electron chi connectivity index (χ0n) is 15.6. The van der Waals surface area contributed by atoms with E-state index in [0.29, 0.717) is 35.1 Å². The number of hydrogen-bond donors (Lipinski definition) is 1. The molecule has 0 amide bonds. The third-order valence-corrected chi connectivity index (χ3v) is 4.33. The third-order valence-electron chi connectivity index (χ3n) is 4.33. The van der Waals surface area contributed by atoms with Gasteiger partial charge in [0, 0.05) is 36.8 Å². The number of hydrogen-bond acceptors (Lipinski definition) is 5. The molecular weight excluding hydrogens is 391 g/mol. The van der Waals surface area contributed by atoms with Gasteiger partial charge in [-0.1, -0.05) is 18.2 Å². The Morgan fingerprint density at radius 3 is 2.37 bits per heavy atom. The minimum Gasteiger partial charge on any atom is -0.366 e. The quantitative estimate of drug-likeness (QED) is 0.491. The number of aromatic nitrogens is 4. The summed E-state index contributed by atoms with van der Waals surface area (Å²) in [4.78, 5) is 17.2. The van der Waals surface area contributed by atoms with E-state index in [9.17, 15) is 13.2 Å². The van der Waals surface area contributed by atoms with Crippen LogP contribution in [0.15, 0.2) is 79.3 Å². The Bertz CT molecular complexity index is 1130. The van der Waals surface area contributed by atoms with E-state index in [1.165, 1.54) is 6.07 Å². The van der Waals surface area contributed by atoms with Crippen molar-refractivity contribution >= 4 is 5.82 Å². The highest BCUT2D eigenvalue weighted by Gasteiger charge is 2.30. The van der Waals surface area contributed by atoms with Gasteiger partial charge in [0.05, 0.1) is 11.3 Å². The molecule has 1 N–H and O–H groups in total. The van der Waals surface area contributed by atoms with Gasteiger partial charge in [-0.15, -0.1) is 0 Å². The predicted molar refractivity (Wildman–Crippen MR) is 107 cm³/mol. The summed E-state index contributed by atoms with van der Waals surface area (Å²) in [5.74, 6) is 0.803. The predicted octanol–water partition coefficient (Wildman–Crippen LogP) is 5.23. The summed E-state index contributed by atoms with van der Waals surface area (Å²) < 4.78 is 39.5. The Hall–Kier alpha value is -3.81. The number of alkyl halides is 3. The summed E-state index contributed by atoms with van der Waals surface area (Å²) in [5.41, 5.74) is 1.50. The van der Waals surface area contributed by atoms with E-state index >= 15 is 0 Å². The maximum Gasteiger partial charge on any atom is 0.416 e. The molecule has 0 aliphatic rings. The minimum atomic E-state index is -4.44. The molecule has 5 nitrogen and oxygen atoms in total. The summed E-state index contributed by atoms with van der Waals surface area (Å²) in [6.07, 6.45) is 0.545. The molecule has 3 aromatic heterocycles. The topological polar surface area (TPSA) is 63.6 Å². The SMILES string of the molecule is FC(F)(F)c1cccc(-c2cc(NCc3ccncc3)nc(-c3ccccn3)n2)c1. The molecule has 0 unspecified atom stereocenters. The Kier molecular flexibility index (Phi) is 5.38. The van der Waals surface area contributed by atoms with Crippen LogP contribution in [0.2, 0.25) is 0 Å². The highest BCUT2D eigenvalue weighted by atomic mass is 19.4. The van der Waals surface area contributed by atoms with E-state index in [1.807, 2.05) is 12.1 Å². The van der Waals surface area contributed by atoms with Gasteiger partial charge >= 0.3 is 6.18 Å². The van der Waals surface area contributed by atoms with Crippen LogP contribution in [-0.2, 0) is 12.7 Å². The molecule has 0 bridgehead atoms. The second-order valence-corrected chi connectivity index (χ2v) is 6.46. The average Bonchev–Trinajstić information content (AvgIpc) is 2.78. The van der Waals surface area contributed by atoms with Gasteiger partial charge in [0.15, 0.2) is 5.82 Å². The lowest BCUT2D eigenvalue weighted by Gasteiger charge is -2.12. The van der Waals surface area contributed by atoms with Crippen molar-refractivity contribution in [2.75, 3.05) is 5.32 Å². The van der Waals surface area contributed by atoms with Gasteiger partial charge in [0.25, 0.3) is 0 Å². The number of pyridine rings is 2. The van der Waals surface area contributed by atoms with Gasteiger partial charge in [-0.05, 0) is 42.0 Å². The van der Waals surface area contributed by atoms with Crippen molar-refractivity contribution < 1.29 is 13.2 Å².